The molecule has 6 nitrogen and oxygen atoms in total. The zero-order chi connectivity index (χ0) is 20.7. The molecule has 0 spiro atoms. The Balaban J connectivity index is 1.72. The molecule has 0 aliphatic rings. The number of benzene rings is 2. The smallest absolute Gasteiger partial charge is 0.306 e. The predicted octanol–water partition coefficient (Wildman–Crippen LogP) is 4.51. The van der Waals surface area contributed by atoms with Gasteiger partial charge in [0.1, 0.15) is 0 Å². The SMILES string of the molecule is Cc1cc(C)cc(NC(=O)COC(=O)CCC(=O)Nc2ccc(Cl)c(Cl)c2)c1. The first-order chi connectivity index (χ1) is 13.2. The van der Waals surface area contributed by atoms with Crippen molar-refractivity contribution in [1.29, 1.82) is 0 Å². The van der Waals surface area contributed by atoms with E-state index < -0.39 is 18.5 Å². The second kappa shape index (κ2) is 10.1. The van der Waals surface area contributed by atoms with Crippen LogP contribution in [-0.2, 0) is 19.1 Å². The number of aryl methyl sites for hydroxylation is 2. The van der Waals surface area contributed by atoms with Crippen molar-refractivity contribution in [2.24, 2.45) is 0 Å². The number of halogens is 2. The minimum absolute atomic E-state index is 0.0855. The van der Waals surface area contributed by atoms with E-state index in [4.69, 9.17) is 27.9 Å². The monoisotopic (exact) mass is 422 g/mol. The Labute approximate surface area is 173 Å². The fraction of sp³-hybridized carbons (Fsp3) is 0.250. The van der Waals surface area contributed by atoms with E-state index in [9.17, 15) is 14.4 Å². The first-order valence-electron chi connectivity index (χ1n) is 8.51. The van der Waals surface area contributed by atoms with E-state index in [0.29, 0.717) is 21.4 Å². The highest BCUT2D eigenvalue weighted by Crippen LogP contribution is 2.25. The Kier molecular flexibility index (Phi) is 7.84. The molecule has 8 heteroatoms. The molecule has 0 saturated carbocycles. The molecule has 28 heavy (non-hydrogen) atoms. The van der Waals surface area contributed by atoms with E-state index in [1.807, 2.05) is 32.0 Å². The lowest BCUT2D eigenvalue weighted by Crippen LogP contribution is -2.21. The highest BCUT2D eigenvalue weighted by Gasteiger charge is 2.12. The van der Waals surface area contributed by atoms with E-state index in [0.717, 1.165) is 11.1 Å². The number of carbonyl (C=O) groups excluding carboxylic acids is 3. The average molecular weight is 423 g/mol. The fourth-order valence-electron chi connectivity index (χ4n) is 2.48. The summed E-state index contributed by atoms with van der Waals surface area (Å²) in [6.07, 6.45) is -0.234. The number of hydrogen-bond acceptors (Lipinski definition) is 4. The summed E-state index contributed by atoms with van der Waals surface area (Å²) in [7, 11) is 0. The lowest BCUT2D eigenvalue weighted by Gasteiger charge is -2.09. The fourth-order valence-corrected chi connectivity index (χ4v) is 2.77. The van der Waals surface area contributed by atoms with Crippen molar-refractivity contribution in [3.8, 4) is 0 Å². The Morgan fingerprint density at radius 2 is 1.46 bits per heavy atom. The molecule has 2 aromatic rings. The number of esters is 1. The molecule has 2 N–H and O–H groups in total. The van der Waals surface area contributed by atoms with Gasteiger partial charge in [-0.3, -0.25) is 14.4 Å². The molecule has 0 fully saturated rings. The summed E-state index contributed by atoms with van der Waals surface area (Å²) in [6, 6.07) is 10.3. The maximum atomic E-state index is 11.9. The number of carbonyl (C=O) groups is 3. The van der Waals surface area contributed by atoms with Crippen molar-refractivity contribution in [3.63, 3.8) is 0 Å². The molecule has 0 radical (unpaired) electrons. The zero-order valence-electron chi connectivity index (χ0n) is 15.5. The van der Waals surface area contributed by atoms with E-state index in [2.05, 4.69) is 10.6 Å². The van der Waals surface area contributed by atoms with Crippen molar-refractivity contribution in [2.45, 2.75) is 26.7 Å². The molecule has 148 valence electrons. The number of rotatable bonds is 7. The van der Waals surface area contributed by atoms with E-state index in [1.54, 1.807) is 12.1 Å². The summed E-state index contributed by atoms with van der Waals surface area (Å²) >= 11 is 11.7. The Morgan fingerprint density at radius 3 is 2.11 bits per heavy atom. The van der Waals surface area contributed by atoms with Gasteiger partial charge in [-0.1, -0.05) is 29.3 Å². The molecule has 0 saturated heterocycles. The van der Waals surface area contributed by atoms with Crippen LogP contribution >= 0.6 is 23.2 Å². The van der Waals surface area contributed by atoms with Gasteiger partial charge in [-0.2, -0.15) is 0 Å². The number of nitrogens with one attached hydrogen (secondary N) is 2. The lowest BCUT2D eigenvalue weighted by molar-refractivity contribution is -0.147. The first kappa shape index (κ1) is 21.7. The Hall–Kier alpha value is -2.57. The third-order valence-electron chi connectivity index (χ3n) is 3.63. The van der Waals surface area contributed by atoms with Gasteiger partial charge in [-0.15, -0.1) is 0 Å². The molecular weight excluding hydrogens is 403 g/mol. The first-order valence-corrected chi connectivity index (χ1v) is 9.27. The normalized spacial score (nSPS) is 10.3. The third-order valence-corrected chi connectivity index (χ3v) is 4.37. The quantitative estimate of drug-likeness (QED) is 0.642. The minimum atomic E-state index is -0.639. The third kappa shape index (κ3) is 7.21. The van der Waals surface area contributed by atoms with Gasteiger partial charge in [0, 0.05) is 17.8 Å². The van der Waals surface area contributed by atoms with Gasteiger partial charge in [0.2, 0.25) is 5.91 Å². The van der Waals surface area contributed by atoms with Gasteiger partial charge < -0.3 is 15.4 Å². The predicted molar refractivity (Wildman–Crippen MR) is 110 cm³/mol. The van der Waals surface area contributed by atoms with Crippen LogP contribution in [0.25, 0.3) is 0 Å². The second-order valence-corrected chi connectivity index (χ2v) is 7.08. The maximum absolute atomic E-state index is 11.9. The molecule has 0 unspecified atom stereocenters. The average Bonchev–Trinajstić information content (AvgIpc) is 2.60. The Morgan fingerprint density at radius 1 is 0.821 bits per heavy atom. The van der Waals surface area contributed by atoms with Crippen LogP contribution in [-0.4, -0.2) is 24.4 Å². The number of ether oxygens (including phenoxy) is 1. The molecule has 0 aliphatic carbocycles. The van der Waals surface area contributed by atoms with Gasteiger partial charge in [0.25, 0.3) is 5.91 Å². The second-order valence-electron chi connectivity index (χ2n) is 6.26. The minimum Gasteiger partial charge on any atom is -0.456 e. The number of hydrogen-bond donors (Lipinski definition) is 2. The van der Waals surface area contributed by atoms with Crippen molar-refractivity contribution in [2.75, 3.05) is 17.2 Å². The summed E-state index contributed by atoms with van der Waals surface area (Å²) < 4.78 is 4.90. The van der Waals surface area contributed by atoms with Gasteiger partial charge in [0.05, 0.1) is 16.5 Å². The van der Waals surface area contributed by atoms with E-state index in [-0.39, 0.29) is 18.7 Å². The molecule has 0 atom stereocenters. The molecule has 0 heterocycles. The van der Waals surface area contributed by atoms with Crippen LogP contribution in [0, 0.1) is 13.8 Å². The molecule has 0 aromatic heterocycles. The maximum Gasteiger partial charge on any atom is 0.306 e. The van der Waals surface area contributed by atoms with Crippen LogP contribution in [0.4, 0.5) is 11.4 Å². The molecular formula is C20H20Cl2N2O4. The van der Waals surface area contributed by atoms with Crippen LogP contribution in [0.2, 0.25) is 10.0 Å². The van der Waals surface area contributed by atoms with Crippen LogP contribution in [0.1, 0.15) is 24.0 Å². The highest BCUT2D eigenvalue weighted by atomic mass is 35.5. The number of amides is 2. The molecule has 0 bridgehead atoms. The van der Waals surface area contributed by atoms with Gasteiger partial charge in [-0.25, -0.2) is 0 Å². The summed E-state index contributed by atoms with van der Waals surface area (Å²) in [5.41, 5.74) is 3.14. The van der Waals surface area contributed by atoms with Crippen LogP contribution in [0.5, 0.6) is 0 Å². The molecule has 2 rings (SSSR count). The number of anilines is 2. The van der Waals surface area contributed by atoms with Crippen molar-refractivity contribution < 1.29 is 19.1 Å². The van der Waals surface area contributed by atoms with Crippen LogP contribution in [0.15, 0.2) is 36.4 Å². The highest BCUT2D eigenvalue weighted by molar-refractivity contribution is 6.42. The van der Waals surface area contributed by atoms with Crippen molar-refractivity contribution in [3.05, 3.63) is 57.6 Å². The largest absolute Gasteiger partial charge is 0.456 e. The lowest BCUT2D eigenvalue weighted by atomic mass is 10.1. The van der Waals surface area contributed by atoms with Crippen LogP contribution < -0.4 is 10.6 Å². The standard InChI is InChI=1S/C20H20Cl2N2O4/c1-12-7-13(2)9-15(8-12)24-19(26)11-28-20(27)6-5-18(25)23-14-3-4-16(21)17(22)10-14/h3-4,7-10H,5-6,11H2,1-2H3,(H,23,25)(H,24,26). The summed E-state index contributed by atoms with van der Waals surface area (Å²) in [4.78, 5) is 35.5. The van der Waals surface area contributed by atoms with Gasteiger partial charge in [-0.05, 0) is 55.3 Å². The zero-order valence-corrected chi connectivity index (χ0v) is 17.0. The van der Waals surface area contributed by atoms with Crippen molar-refractivity contribution in [1.82, 2.24) is 0 Å². The molecule has 0 aliphatic heterocycles. The van der Waals surface area contributed by atoms with E-state index >= 15 is 0 Å². The van der Waals surface area contributed by atoms with Gasteiger partial charge >= 0.3 is 5.97 Å². The Bertz CT molecular complexity index is 880. The summed E-state index contributed by atoms with van der Waals surface area (Å²) in [5.74, 6) is -1.46. The van der Waals surface area contributed by atoms with Crippen LogP contribution in [0.3, 0.4) is 0 Å². The summed E-state index contributed by atoms with van der Waals surface area (Å²) in [6.45, 7) is 3.43. The van der Waals surface area contributed by atoms with E-state index in [1.165, 1.54) is 6.07 Å². The topological polar surface area (TPSA) is 84.5 Å². The summed E-state index contributed by atoms with van der Waals surface area (Å²) in [5, 5.41) is 5.96. The van der Waals surface area contributed by atoms with Gasteiger partial charge in [0.15, 0.2) is 6.61 Å². The molecule has 2 aromatic carbocycles. The van der Waals surface area contributed by atoms with Crippen molar-refractivity contribution >= 4 is 52.4 Å². The molecule has 2 amide bonds.